The second-order valence-corrected chi connectivity index (χ2v) is 4.02. The third-order valence-corrected chi connectivity index (χ3v) is 2.39. The lowest BCUT2D eigenvalue weighted by Gasteiger charge is -1.98. The monoisotopic (exact) mass is 260 g/mol. The number of unbranched alkanes of at least 4 members (excludes halogenated alkanes) is 5. The van der Waals surface area contributed by atoms with Gasteiger partial charge >= 0.3 is 11.9 Å². The van der Waals surface area contributed by atoms with E-state index < -0.39 is 11.9 Å². The molecular formula is C13H24O5. The van der Waals surface area contributed by atoms with Gasteiger partial charge in [0.25, 0.3) is 0 Å². The molecule has 0 radical (unpaired) electrons. The summed E-state index contributed by atoms with van der Waals surface area (Å²) in [5.41, 5.74) is 0. The number of Topliss-reactive ketones (excluding diaryl/α,β-unsaturated/α-hetero) is 1. The van der Waals surface area contributed by atoms with Crippen molar-refractivity contribution in [1.82, 2.24) is 0 Å². The molecule has 0 aliphatic rings. The molecule has 0 unspecified atom stereocenters. The quantitative estimate of drug-likeness (QED) is 0.517. The van der Waals surface area contributed by atoms with E-state index >= 15 is 0 Å². The van der Waals surface area contributed by atoms with Crippen LogP contribution >= 0.6 is 0 Å². The number of carbonyl (C=O) groups excluding carboxylic acids is 1. The summed E-state index contributed by atoms with van der Waals surface area (Å²) < 4.78 is 0. The predicted octanol–water partition coefficient (Wildman–Crippen LogP) is 2.87. The van der Waals surface area contributed by atoms with Gasteiger partial charge < -0.3 is 10.2 Å². The molecule has 0 aromatic heterocycles. The van der Waals surface area contributed by atoms with Crippen LogP contribution in [0.3, 0.4) is 0 Å². The van der Waals surface area contributed by atoms with Crippen LogP contribution in [0.25, 0.3) is 0 Å². The molecule has 0 fully saturated rings. The van der Waals surface area contributed by atoms with Crippen molar-refractivity contribution >= 4 is 17.7 Å². The fourth-order valence-corrected chi connectivity index (χ4v) is 1.28. The van der Waals surface area contributed by atoms with Crippen molar-refractivity contribution in [3.05, 3.63) is 0 Å². The first kappa shape index (κ1) is 19.0. The SMILES string of the molecule is CCCCCCCCC(=O)CC.O=C(O)C(=O)O. The fourth-order valence-electron chi connectivity index (χ4n) is 1.28. The predicted molar refractivity (Wildman–Crippen MR) is 68.6 cm³/mol. The Bertz CT molecular complexity index is 236. The van der Waals surface area contributed by atoms with Crippen molar-refractivity contribution in [3.8, 4) is 0 Å². The van der Waals surface area contributed by atoms with Crippen LogP contribution in [0.15, 0.2) is 0 Å². The third-order valence-electron chi connectivity index (χ3n) is 2.39. The molecule has 0 bridgehead atoms. The van der Waals surface area contributed by atoms with Crippen molar-refractivity contribution in [1.29, 1.82) is 0 Å². The molecule has 0 amide bonds. The van der Waals surface area contributed by atoms with Gasteiger partial charge in [0.15, 0.2) is 0 Å². The Balaban J connectivity index is 0. The van der Waals surface area contributed by atoms with Gasteiger partial charge in [-0.15, -0.1) is 0 Å². The maximum absolute atomic E-state index is 10.9. The van der Waals surface area contributed by atoms with Crippen LogP contribution in [0.4, 0.5) is 0 Å². The zero-order valence-corrected chi connectivity index (χ0v) is 11.3. The Morgan fingerprint density at radius 3 is 1.61 bits per heavy atom. The lowest BCUT2D eigenvalue weighted by Crippen LogP contribution is -2.09. The van der Waals surface area contributed by atoms with Crippen LogP contribution in [0.2, 0.25) is 0 Å². The Hall–Kier alpha value is -1.39. The summed E-state index contributed by atoms with van der Waals surface area (Å²) in [6.07, 6.45) is 9.18. The molecule has 2 N–H and O–H groups in total. The molecule has 0 heterocycles. The van der Waals surface area contributed by atoms with Gasteiger partial charge in [0, 0.05) is 12.8 Å². The Morgan fingerprint density at radius 2 is 1.22 bits per heavy atom. The van der Waals surface area contributed by atoms with E-state index in [9.17, 15) is 4.79 Å². The summed E-state index contributed by atoms with van der Waals surface area (Å²) in [4.78, 5) is 29.1. The Labute approximate surface area is 108 Å². The van der Waals surface area contributed by atoms with Crippen LogP contribution in [0, 0.1) is 0 Å². The van der Waals surface area contributed by atoms with Gasteiger partial charge in [-0.2, -0.15) is 0 Å². The topological polar surface area (TPSA) is 91.7 Å². The third kappa shape index (κ3) is 17.0. The number of hydrogen-bond acceptors (Lipinski definition) is 3. The molecule has 0 atom stereocenters. The van der Waals surface area contributed by atoms with Crippen LogP contribution in [0.5, 0.6) is 0 Å². The van der Waals surface area contributed by atoms with Crippen LogP contribution < -0.4 is 0 Å². The number of carbonyl (C=O) groups is 3. The Kier molecular flexibility index (Phi) is 14.4. The highest BCUT2D eigenvalue weighted by molar-refractivity contribution is 6.27. The van der Waals surface area contributed by atoms with Gasteiger partial charge in [-0.1, -0.05) is 46.0 Å². The molecule has 0 aromatic rings. The van der Waals surface area contributed by atoms with E-state index in [0.717, 1.165) is 19.3 Å². The molecule has 5 heteroatoms. The summed E-state index contributed by atoms with van der Waals surface area (Å²) in [6.45, 7) is 4.17. The van der Waals surface area contributed by atoms with Crippen LogP contribution in [0.1, 0.15) is 65.2 Å². The average Bonchev–Trinajstić information content (AvgIpc) is 2.33. The normalized spacial score (nSPS) is 9.22. The number of aliphatic carboxylic acids is 2. The van der Waals surface area contributed by atoms with Gasteiger partial charge in [0.1, 0.15) is 5.78 Å². The van der Waals surface area contributed by atoms with Gasteiger partial charge in [-0.25, -0.2) is 9.59 Å². The van der Waals surface area contributed by atoms with E-state index in [4.69, 9.17) is 19.8 Å². The van der Waals surface area contributed by atoms with Crippen LogP contribution in [-0.4, -0.2) is 27.9 Å². The maximum Gasteiger partial charge on any atom is 0.414 e. The van der Waals surface area contributed by atoms with E-state index in [2.05, 4.69) is 6.92 Å². The minimum atomic E-state index is -1.82. The summed E-state index contributed by atoms with van der Waals surface area (Å²) in [7, 11) is 0. The van der Waals surface area contributed by atoms with Crippen molar-refractivity contribution in [3.63, 3.8) is 0 Å². The lowest BCUT2D eigenvalue weighted by molar-refractivity contribution is -0.159. The summed E-state index contributed by atoms with van der Waals surface area (Å²) in [6, 6.07) is 0. The molecule has 0 saturated heterocycles. The van der Waals surface area contributed by atoms with Crippen molar-refractivity contribution < 1.29 is 24.6 Å². The van der Waals surface area contributed by atoms with E-state index in [1.165, 1.54) is 32.1 Å². The molecule has 18 heavy (non-hydrogen) atoms. The fraction of sp³-hybridized carbons (Fsp3) is 0.769. The molecule has 0 aliphatic carbocycles. The molecule has 0 rings (SSSR count). The zero-order chi connectivity index (χ0) is 14.4. The summed E-state index contributed by atoms with van der Waals surface area (Å²) in [5.74, 6) is -3.23. The van der Waals surface area contributed by atoms with Gasteiger partial charge in [-0.3, -0.25) is 4.79 Å². The molecule has 0 aromatic carbocycles. The van der Waals surface area contributed by atoms with Gasteiger partial charge in [0.2, 0.25) is 0 Å². The highest BCUT2D eigenvalue weighted by Gasteiger charge is 2.04. The number of hydrogen-bond donors (Lipinski definition) is 2. The van der Waals surface area contributed by atoms with Crippen molar-refractivity contribution in [2.45, 2.75) is 65.2 Å². The first-order valence-corrected chi connectivity index (χ1v) is 6.43. The maximum atomic E-state index is 10.9. The second kappa shape index (κ2) is 13.7. The minimum absolute atomic E-state index is 0.422. The highest BCUT2D eigenvalue weighted by Crippen LogP contribution is 2.07. The molecule has 0 spiro atoms. The van der Waals surface area contributed by atoms with E-state index in [0.29, 0.717) is 5.78 Å². The standard InChI is InChI=1S/C11H22O.C2H2O4/c1-3-5-6-7-8-9-10-11(12)4-2;3-1(4)2(5)6/h3-10H2,1-2H3;(H,3,4)(H,5,6). The lowest BCUT2D eigenvalue weighted by atomic mass is 10.1. The molecule has 106 valence electrons. The van der Waals surface area contributed by atoms with Crippen molar-refractivity contribution in [2.75, 3.05) is 0 Å². The smallest absolute Gasteiger partial charge is 0.414 e. The molecule has 0 saturated carbocycles. The first-order chi connectivity index (χ1) is 8.45. The Morgan fingerprint density at radius 1 is 0.778 bits per heavy atom. The van der Waals surface area contributed by atoms with Gasteiger partial charge in [-0.05, 0) is 6.42 Å². The zero-order valence-electron chi connectivity index (χ0n) is 11.3. The van der Waals surface area contributed by atoms with Crippen LogP contribution in [-0.2, 0) is 14.4 Å². The largest absolute Gasteiger partial charge is 0.473 e. The number of carboxylic acid groups (broad SMARTS) is 2. The average molecular weight is 260 g/mol. The minimum Gasteiger partial charge on any atom is -0.473 e. The first-order valence-electron chi connectivity index (χ1n) is 6.43. The number of ketones is 1. The molecular weight excluding hydrogens is 236 g/mol. The number of carboxylic acids is 2. The molecule has 5 nitrogen and oxygen atoms in total. The number of rotatable bonds is 8. The second-order valence-electron chi connectivity index (χ2n) is 4.02. The highest BCUT2D eigenvalue weighted by atomic mass is 16.4. The molecule has 0 aliphatic heterocycles. The van der Waals surface area contributed by atoms with Crippen molar-refractivity contribution in [2.24, 2.45) is 0 Å². The van der Waals surface area contributed by atoms with E-state index in [1.807, 2.05) is 6.92 Å². The van der Waals surface area contributed by atoms with E-state index in [1.54, 1.807) is 0 Å². The van der Waals surface area contributed by atoms with Gasteiger partial charge in [0.05, 0.1) is 0 Å². The summed E-state index contributed by atoms with van der Waals surface area (Å²) in [5, 5.41) is 14.8. The summed E-state index contributed by atoms with van der Waals surface area (Å²) >= 11 is 0. The van der Waals surface area contributed by atoms with E-state index in [-0.39, 0.29) is 0 Å².